The molecular weight excluding hydrogens is 276 g/mol. The van der Waals surface area contributed by atoms with E-state index in [2.05, 4.69) is 5.32 Å². The van der Waals surface area contributed by atoms with Crippen LogP contribution in [0.3, 0.4) is 0 Å². The van der Waals surface area contributed by atoms with Gasteiger partial charge in [-0.2, -0.15) is 5.26 Å². The second kappa shape index (κ2) is 6.19. The molecule has 1 atom stereocenters. The maximum Gasteiger partial charge on any atom is 0.270 e. The van der Waals surface area contributed by atoms with E-state index in [1.807, 2.05) is 6.07 Å². The number of benzene rings is 1. The minimum absolute atomic E-state index is 0.153. The number of nitro benzene ring substituents is 1. The number of morpholine rings is 1. The molecule has 0 bridgehead atoms. The molecule has 0 saturated carbocycles. The number of carbonyl (C=O) groups is 1. The number of nitrogens with one attached hydrogen (secondary N) is 1. The third-order valence-electron chi connectivity index (χ3n) is 3.30. The third-order valence-corrected chi connectivity index (χ3v) is 3.30. The molecule has 1 aromatic carbocycles. The maximum atomic E-state index is 11.9. The van der Waals surface area contributed by atoms with E-state index in [1.165, 1.54) is 25.2 Å². The second-order valence-electron chi connectivity index (χ2n) is 4.47. The van der Waals surface area contributed by atoms with Crippen LogP contribution in [0.5, 0.6) is 0 Å². The van der Waals surface area contributed by atoms with Crippen molar-refractivity contribution in [3.8, 4) is 6.07 Å². The summed E-state index contributed by atoms with van der Waals surface area (Å²) in [5.74, 6) is -0.225. The molecule has 8 heteroatoms. The Hall–Kier alpha value is -2.66. The first-order chi connectivity index (χ1) is 10.1. The molecule has 0 spiro atoms. The molecule has 1 aliphatic rings. The van der Waals surface area contributed by atoms with Crippen LogP contribution in [-0.2, 0) is 9.53 Å². The van der Waals surface area contributed by atoms with Crippen molar-refractivity contribution in [3.05, 3.63) is 33.9 Å². The molecule has 1 heterocycles. The van der Waals surface area contributed by atoms with Crippen LogP contribution < -0.4 is 10.2 Å². The number of likely N-dealkylation sites (N-methyl/N-ethyl adjacent to an activating group) is 1. The average molecular weight is 290 g/mol. The van der Waals surface area contributed by atoms with Crippen molar-refractivity contribution in [2.45, 2.75) is 6.04 Å². The Morgan fingerprint density at radius 1 is 1.62 bits per heavy atom. The molecule has 21 heavy (non-hydrogen) atoms. The molecule has 0 radical (unpaired) electrons. The van der Waals surface area contributed by atoms with Gasteiger partial charge in [-0.3, -0.25) is 14.9 Å². The van der Waals surface area contributed by atoms with Crippen molar-refractivity contribution in [2.75, 3.05) is 31.7 Å². The van der Waals surface area contributed by atoms with Crippen molar-refractivity contribution in [2.24, 2.45) is 0 Å². The summed E-state index contributed by atoms with van der Waals surface area (Å²) in [6.45, 7) is 1.07. The number of nitro groups is 1. The van der Waals surface area contributed by atoms with Gasteiger partial charge in [0.15, 0.2) is 0 Å². The van der Waals surface area contributed by atoms with Crippen molar-refractivity contribution >= 4 is 17.3 Å². The van der Waals surface area contributed by atoms with Gasteiger partial charge in [-0.25, -0.2) is 0 Å². The Morgan fingerprint density at radius 3 is 3.00 bits per heavy atom. The van der Waals surface area contributed by atoms with Gasteiger partial charge in [0.2, 0.25) is 5.91 Å². The van der Waals surface area contributed by atoms with E-state index in [0.717, 1.165) is 0 Å². The van der Waals surface area contributed by atoms with Crippen LogP contribution in [-0.4, -0.2) is 43.7 Å². The van der Waals surface area contributed by atoms with Gasteiger partial charge in [0.05, 0.1) is 29.4 Å². The Morgan fingerprint density at radius 2 is 2.38 bits per heavy atom. The van der Waals surface area contributed by atoms with Crippen LogP contribution in [0.1, 0.15) is 5.56 Å². The number of anilines is 1. The van der Waals surface area contributed by atoms with Crippen LogP contribution in [0.25, 0.3) is 0 Å². The molecule has 1 amide bonds. The number of hydrogen-bond acceptors (Lipinski definition) is 6. The largest absolute Gasteiger partial charge is 0.377 e. The number of ether oxygens (including phenoxy) is 1. The topological polar surface area (TPSA) is 108 Å². The maximum absolute atomic E-state index is 11.9. The molecule has 0 aromatic heterocycles. The minimum atomic E-state index is -0.558. The van der Waals surface area contributed by atoms with Crippen molar-refractivity contribution in [1.29, 1.82) is 5.26 Å². The van der Waals surface area contributed by atoms with E-state index in [9.17, 15) is 20.2 Å². The van der Waals surface area contributed by atoms with Gasteiger partial charge in [-0.1, -0.05) is 0 Å². The molecule has 1 fully saturated rings. The van der Waals surface area contributed by atoms with Gasteiger partial charge in [-0.05, 0) is 6.07 Å². The smallest absolute Gasteiger partial charge is 0.270 e. The summed E-state index contributed by atoms with van der Waals surface area (Å²) in [5, 5.41) is 22.5. The number of nitriles is 1. The summed E-state index contributed by atoms with van der Waals surface area (Å²) in [6.07, 6.45) is 0. The van der Waals surface area contributed by atoms with E-state index in [-0.39, 0.29) is 23.8 Å². The van der Waals surface area contributed by atoms with Crippen molar-refractivity contribution in [1.82, 2.24) is 5.32 Å². The number of carbonyl (C=O) groups excluding carboxylic acids is 1. The summed E-state index contributed by atoms with van der Waals surface area (Å²) in [5.41, 5.74) is 0.514. The number of rotatable bonds is 3. The van der Waals surface area contributed by atoms with Crippen LogP contribution in [0, 0.1) is 21.4 Å². The highest BCUT2D eigenvalue weighted by atomic mass is 16.6. The zero-order valence-electron chi connectivity index (χ0n) is 11.4. The summed E-state index contributed by atoms with van der Waals surface area (Å²) < 4.78 is 5.30. The molecule has 1 aromatic rings. The molecule has 110 valence electrons. The third kappa shape index (κ3) is 2.93. The lowest BCUT2D eigenvalue weighted by Gasteiger charge is -2.36. The van der Waals surface area contributed by atoms with Crippen LogP contribution in [0.4, 0.5) is 11.4 Å². The van der Waals surface area contributed by atoms with Gasteiger partial charge in [0, 0.05) is 25.7 Å². The summed E-state index contributed by atoms with van der Waals surface area (Å²) in [4.78, 5) is 23.9. The lowest BCUT2D eigenvalue weighted by molar-refractivity contribution is -0.384. The normalized spacial score (nSPS) is 17.9. The lowest BCUT2D eigenvalue weighted by atomic mass is 10.1. The lowest BCUT2D eigenvalue weighted by Crippen LogP contribution is -2.53. The highest BCUT2D eigenvalue weighted by Crippen LogP contribution is 2.27. The molecular formula is C13H14N4O4. The van der Waals surface area contributed by atoms with Crippen LogP contribution >= 0.6 is 0 Å². The molecule has 1 aliphatic heterocycles. The van der Waals surface area contributed by atoms with Crippen LogP contribution in [0.15, 0.2) is 18.2 Å². The van der Waals surface area contributed by atoms with Gasteiger partial charge in [-0.15, -0.1) is 0 Å². The Bertz CT molecular complexity index is 611. The molecule has 0 aliphatic carbocycles. The predicted octanol–water partition coefficient (Wildman–Crippen LogP) is 0.418. The fraction of sp³-hybridized carbons (Fsp3) is 0.385. The van der Waals surface area contributed by atoms with Crippen molar-refractivity contribution < 1.29 is 14.5 Å². The van der Waals surface area contributed by atoms with E-state index in [1.54, 1.807) is 4.90 Å². The minimum Gasteiger partial charge on any atom is -0.377 e. The number of non-ortho nitro benzene ring substituents is 1. The highest BCUT2D eigenvalue weighted by Gasteiger charge is 2.30. The summed E-state index contributed by atoms with van der Waals surface area (Å²) >= 11 is 0. The van der Waals surface area contributed by atoms with Crippen LogP contribution in [0.2, 0.25) is 0 Å². The Balaban J connectivity index is 2.41. The second-order valence-corrected chi connectivity index (χ2v) is 4.47. The van der Waals surface area contributed by atoms with Gasteiger partial charge >= 0.3 is 0 Å². The van der Waals surface area contributed by atoms with Crippen molar-refractivity contribution in [3.63, 3.8) is 0 Å². The average Bonchev–Trinajstić information content (AvgIpc) is 2.53. The first-order valence-electron chi connectivity index (χ1n) is 6.33. The zero-order chi connectivity index (χ0) is 15.4. The zero-order valence-corrected chi connectivity index (χ0v) is 11.4. The fourth-order valence-corrected chi connectivity index (χ4v) is 2.25. The van der Waals surface area contributed by atoms with E-state index >= 15 is 0 Å². The quantitative estimate of drug-likeness (QED) is 0.638. The van der Waals surface area contributed by atoms with E-state index in [4.69, 9.17) is 4.74 Å². The Labute approximate surface area is 121 Å². The summed E-state index contributed by atoms with van der Waals surface area (Å²) in [7, 11) is 1.52. The molecule has 2 rings (SSSR count). The van der Waals surface area contributed by atoms with Gasteiger partial charge in [0.25, 0.3) is 5.69 Å². The van der Waals surface area contributed by atoms with Gasteiger partial charge < -0.3 is 15.0 Å². The number of amides is 1. The molecule has 8 nitrogen and oxygen atoms in total. The molecule has 1 unspecified atom stereocenters. The molecule has 1 saturated heterocycles. The van der Waals surface area contributed by atoms with E-state index in [0.29, 0.717) is 18.8 Å². The SMILES string of the molecule is CNC(=O)C1COCCN1c1ccc([N+](=O)[O-])cc1C#N. The first kappa shape index (κ1) is 14.7. The predicted molar refractivity (Wildman–Crippen MR) is 73.8 cm³/mol. The fourth-order valence-electron chi connectivity index (χ4n) is 2.25. The number of hydrogen-bond donors (Lipinski definition) is 1. The first-order valence-corrected chi connectivity index (χ1v) is 6.33. The highest BCUT2D eigenvalue weighted by molar-refractivity contribution is 5.86. The van der Waals surface area contributed by atoms with Gasteiger partial charge in [0.1, 0.15) is 12.1 Å². The standard InChI is InChI=1S/C13H14N4O4/c1-15-13(18)12-8-21-5-4-16(12)11-3-2-10(17(19)20)6-9(11)7-14/h2-3,6,12H,4-5,8H2,1H3,(H,15,18). The summed E-state index contributed by atoms with van der Waals surface area (Å²) in [6, 6.07) is 5.43. The monoisotopic (exact) mass is 290 g/mol. The molecule has 1 N–H and O–H groups in total. The number of nitrogens with zero attached hydrogens (tertiary/aromatic N) is 3. The Kier molecular flexibility index (Phi) is 4.35. The van der Waals surface area contributed by atoms with E-state index < -0.39 is 11.0 Å².